The van der Waals surface area contributed by atoms with Crippen molar-refractivity contribution in [3.8, 4) is 5.75 Å². The molecule has 2 aliphatic rings. The van der Waals surface area contributed by atoms with Gasteiger partial charge >= 0.3 is 0 Å². The molecule has 1 saturated heterocycles. The normalized spacial score (nSPS) is 18.4. The first-order valence-electron chi connectivity index (χ1n) is 6.95. The monoisotopic (exact) mass is 425 g/mol. The topological polar surface area (TPSA) is 96.5 Å². The minimum Gasteiger partial charge on any atom is -0.482 e. The van der Waals surface area contributed by atoms with Crippen molar-refractivity contribution in [3.05, 3.63) is 16.6 Å². The lowest BCUT2D eigenvalue weighted by Crippen LogP contribution is -2.42. The lowest BCUT2D eigenvalue weighted by molar-refractivity contribution is -0.118. The van der Waals surface area contributed by atoms with E-state index in [1.54, 1.807) is 6.07 Å². The summed E-state index contributed by atoms with van der Waals surface area (Å²) >= 11 is 3.26. The SMILES string of the molecule is Cl.O=C1COc2cc(S(=O)(=O)NC3CCNCC3)c(Br)cc2N1. The molecule has 23 heavy (non-hydrogen) atoms. The van der Waals surface area contributed by atoms with Crippen molar-refractivity contribution in [1.29, 1.82) is 0 Å². The van der Waals surface area contributed by atoms with Gasteiger partial charge in [0.2, 0.25) is 10.0 Å². The average Bonchev–Trinajstić information content (AvgIpc) is 2.46. The van der Waals surface area contributed by atoms with E-state index in [0.29, 0.717) is 15.9 Å². The van der Waals surface area contributed by atoms with Gasteiger partial charge in [-0.3, -0.25) is 4.79 Å². The number of benzene rings is 1. The number of anilines is 1. The van der Waals surface area contributed by atoms with Gasteiger partial charge in [0.25, 0.3) is 5.91 Å². The van der Waals surface area contributed by atoms with Gasteiger partial charge in [0.05, 0.1) is 10.6 Å². The first-order valence-corrected chi connectivity index (χ1v) is 9.22. The van der Waals surface area contributed by atoms with Crippen LogP contribution in [-0.4, -0.2) is 40.1 Å². The molecular formula is C13H17BrClN3O4S. The molecular weight excluding hydrogens is 410 g/mol. The Balaban J connectivity index is 0.00000192. The summed E-state index contributed by atoms with van der Waals surface area (Å²) in [5.74, 6) is 0.0938. The van der Waals surface area contributed by atoms with E-state index in [9.17, 15) is 13.2 Å². The minimum atomic E-state index is -3.65. The van der Waals surface area contributed by atoms with Crippen molar-refractivity contribution in [2.45, 2.75) is 23.8 Å². The summed E-state index contributed by atoms with van der Waals surface area (Å²) in [4.78, 5) is 11.4. The van der Waals surface area contributed by atoms with E-state index in [0.717, 1.165) is 25.9 Å². The molecule has 7 nitrogen and oxygen atoms in total. The molecule has 0 aliphatic carbocycles. The number of halogens is 2. The lowest BCUT2D eigenvalue weighted by Gasteiger charge is -2.24. The van der Waals surface area contributed by atoms with E-state index in [-0.39, 0.29) is 35.9 Å². The van der Waals surface area contributed by atoms with Crippen LogP contribution in [0.4, 0.5) is 5.69 Å². The van der Waals surface area contributed by atoms with Crippen LogP contribution in [0.15, 0.2) is 21.5 Å². The number of ether oxygens (including phenoxy) is 1. The third-order valence-corrected chi connectivity index (χ3v) is 6.10. The Kier molecular flexibility index (Phi) is 5.90. The molecule has 0 unspecified atom stereocenters. The molecule has 3 N–H and O–H groups in total. The summed E-state index contributed by atoms with van der Waals surface area (Å²) in [5.41, 5.74) is 0.462. The number of hydrogen-bond donors (Lipinski definition) is 3. The first-order chi connectivity index (χ1) is 10.5. The molecule has 2 aliphatic heterocycles. The van der Waals surface area contributed by atoms with Crippen LogP contribution < -0.4 is 20.1 Å². The highest BCUT2D eigenvalue weighted by Crippen LogP contribution is 2.35. The summed E-state index contributed by atoms with van der Waals surface area (Å²) in [6.45, 7) is 1.48. The van der Waals surface area contributed by atoms with Crippen molar-refractivity contribution < 1.29 is 17.9 Å². The maximum atomic E-state index is 12.6. The third-order valence-electron chi connectivity index (χ3n) is 3.62. The summed E-state index contributed by atoms with van der Waals surface area (Å²) < 4.78 is 33.5. The van der Waals surface area contributed by atoms with Crippen molar-refractivity contribution >= 4 is 50.0 Å². The predicted octanol–water partition coefficient (Wildman–Crippen LogP) is 1.23. The standard InChI is InChI=1S/C13H16BrN3O4S.ClH/c14-9-5-10-11(21-7-13(18)16-10)6-12(9)22(19,20)17-8-1-3-15-4-2-8;/h5-6,8,15,17H,1-4,7H2,(H,16,18);1H. The number of hydrogen-bond acceptors (Lipinski definition) is 5. The zero-order valence-electron chi connectivity index (χ0n) is 12.1. The van der Waals surface area contributed by atoms with Crippen molar-refractivity contribution in [1.82, 2.24) is 10.0 Å². The van der Waals surface area contributed by atoms with Crippen LogP contribution in [0.1, 0.15) is 12.8 Å². The largest absolute Gasteiger partial charge is 0.482 e. The Hall–Kier alpha value is -0.870. The van der Waals surface area contributed by atoms with Gasteiger partial charge in [0, 0.05) is 16.6 Å². The molecule has 0 atom stereocenters. The number of rotatable bonds is 3. The summed E-state index contributed by atoms with van der Waals surface area (Å²) in [5, 5.41) is 5.84. The van der Waals surface area contributed by atoms with Gasteiger partial charge in [-0.15, -0.1) is 12.4 Å². The summed E-state index contributed by atoms with van der Waals surface area (Å²) in [7, 11) is -3.65. The van der Waals surface area contributed by atoms with Gasteiger partial charge in [-0.1, -0.05) is 0 Å². The predicted molar refractivity (Wildman–Crippen MR) is 91.7 cm³/mol. The molecule has 2 heterocycles. The highest BCUT2D eigenvalue weighted by molar-refractivity contribution is 9.10. The van der Waals surface area contributed by atoms with Crippen molar-refractivity contribution in [2.75, 3.05) is 25.0 Å². The van der Waals surface area contributed by atoms with Crippen molar-refractivity contribution in [3.63, 3.8) is 0 Å². The first kappa shape index (κ1) is 18.5. The second-order valence-electron chi connectivity index (χ2n) is 5.26. The van der Waals surface area contributed by atoms with Crippen LogP contribution in [0.2, 0.25) is 0 Å². The molecule has 0 bridgehead atoms. The van der Waals surface area contributed by atoms with Crippen molar-refractivity contribution in [2.24, 2.45) is 0 Å². The number of amides is 1. The molecule has 3 rings (SSSR count). The number of nitrogens with one attached hydrogen (secondary N) is 3. The van der Waals surface area contributed by atoms with E-state index < -0.39 is 10.0 Å². The Labute approximate surface area is 149 Å². The lowest BCUT2D eigenvalue weighted by atomic mass is 10.1. The van der Waals surface area contributed by atoms with E-state index in [1.165, 1.54) is 6.07 Å². The van der Waals surface area contributed by atoms with Gasteiger partial charge in [-0.05, 0) is 47.9 Å². The van der Waals surface area contributed by atoms with E-state index in [1.807, 2.05) is 0 Å². The highest BCUT2D eigenvalue weighted by atomic mass is 79.9. The molecule has 0 saturated carbocycles. The van der Waals surface area contributed by atoms with Crippen LogP contribution in [-0.2, 0) is 14.8 Å². The fourth-order valence-electron chi connectivity index (χ4n) is 2.51. The van der Waals surface area contributed by atoms with Gasteiger partial charge in [0.15, 0.2) is 6.61 Å². The number of carbonyl (C=O) groups is 1. The van der Waals surface area contributed by atoms with Gasteiger partial charge in [-0.2, -0.15) is 0 Å². The number of carbonyl (C=O) groups excluding carboxylic acids is 1. The summed E-state index contributed by atoms with van der Waals surface area (Å²) in [6, 6.07) is 2.90. The molecule has 0 aromatic heterocycles. The molecule has 128 valence electrons. The maximum absolute atomic E-state index is 12.6. The molecule has 0 radical (unpaired) electrons. The van der Waals surface area contributed by atoms with Gasteiger partial charge < -0.3 is 15.4 Å². The molecule has 1 fully saturated rings. The Bertz CT molecular complexity index is 707. The number of fused-ring (bicyclic) bond motifs is 1. The van der Waals surface area contributed by atoms with Gasteiger partial charge in [-0.25, -0.2) is 13.1 Å². The Morgan fingerprint density at radius 2 is 1.96 bits per heavy atom. The van der Waals surface area contributed by atoms with Crippen LogP contribution in [0.5, 0.6) is 5.75 Å². The Morgan fingerprint density at radius 1 is 1.26 bits per heavy atom. The molecule has 1 amide bonds. The minimum absolute atomic E-state index is 0. The molecule has 1 aromatic rings. The molecule has 0 spiro atoms. The quantitative estimate of drug-likeness (QED) is 0.675. The third kappa shape index (κ3) is 4.16. The highest BCUT2D eigenvalue weighted by Gasteiger charge is 2.27. The van der Waals surface area contributed by atoms with Crippen LogP contribution in [0.3, 0.4) is 0 Å². The van der Waals surface area contributed by atoms with E-state index >= 15 is 0 Å². The Morgan fingerprint density at radius 3 is 2.65 bits per heavy atom. The van der Waals surface area contributed by atoms with Gasteiger partial charge in [0.1, 0.15) is 5.75 Å². The second kappa shape index (κ2) is 7.35. The molecule has 1 aromatic carbocycles. The van der Waals surface area contributed by atoms with Crippen LogP contribution in [0, 0.1) is 0 Å². The zero-order chi connectivity index (χ0) is 15.7. The van der Waals surface area contributed by atoms with Crippen LogP contribution >= 0.6 is 28.3 Å². The summed E-state index contributed by atoms with van der Waals surface area (Å²) in [6.07, 6.45) is 1.52. The fraction of sp³-hybridized carbons (Fsp3) is 0.462. The second-order valence-corrected chi connectivity index (χ2v) is 7.80. The fourth-order valence-corrected chi connectivity index (χ4v) is 4.87. The zero-order valence-corrected chi connectivity index (χ0v) is 15.3. The smallest absolute Gasteiger partial charge is 0.262 e. The number of piperidine rings is 1. The van der Waals surface area contributed by atoms with E-state index in [4.69, 9.17) is 4.74 Å². The van der Waals surface area contributed by atoms with E-state index in [2.05, 4.69) is 31.3 Å². The molecule has 10 heteroatoms. The van der Waals surface area contributed by atoms with Crippen LogP contribution in [0.25, 0.3) is 0 Å². The maximum Gasteiger partial charge on any atom is 0.262 e. The average molecular weight is 427 g/mol. The number of sulfonamides is 1.